The average molecular weight is 455 g/mol. The van der Waals surface area contributed by atoms with Crippen LogP contribution in [0.2, 0.25) is 0 Å². The van der Waals surface area contributed by atoms with Crippen LogP contribution in [0.4, 0.5) is 9.18 Å². The molecule has 7 heteroatoms. The Morgan fingerprint density at radius 2 is 1.79 bits per heavy atom. The Kier molecular flexibility index (Phi) is 5.67. The van der Waals surface area contributed by atoms with E-state index < -0.39 is 6.04 Å². The Bertz CT molecular complexity index is 1380. The lowest BCUT2D eigenvalue weighted by molar-refractivity contribution is 0.203. The van der Waals surface area contributed by atoms with E-state index in [4.69, 9.17) is 4.52 Å². The largest absolute Gasteiger partial charge is 0.334 e. The van der Waals surface area contributed by atoms with E-state index in [9.17, 15) is 9.18 Å². The molecule has 34 heavy (non-hydrogen) atoms. The normalized spacial score (nSPS) is 16.0. The Morgan fingerprint density at radius 3 is 2.56 bits per heavy atom. The summed E-state index contributed by atoms with van der Waals surface area (Å²) >= 11 is 0. The first-order valence-electron chi connectivity index (χ1n) is 11.0. The van der Waals surface area contributed by atoms with E-state index in [1.165, 1.54) is 12.1 Å². The number of urea groups is 1. The monoisotopic (exact) mass is 454 g/mol. The highest BCUT2D eigenvalue weighted by Gasteiger charge is 2.36. The second-order valence-electron chi connectivity index (χ2n) is 8.30. The SMILES string of the molecule is CC1=C(c2nc(-c3cccc(C)c3)no2)C(c2cccc(F)c2)NC(=O)N1Cc1ccccc1. The molecular formula is C27H23FN4O2. The highest BCUT2D eigenvalue weighted by Crippen LogP contribution is 2.38. The Morgan fingerprint density at radius 1 is 1.00 bits per heavy atom. The molecule has 0 aliphatic carbocycles. The number of benzene rings is 3. The number of nitrogens with zero attached hydrogens (tertiary/aromatic N) is 3. The minimum atomic E-state index is -0.638. The topological polar surface area (TPSA) is 71.3 Å². The van der Waals surface area contributed by atoms with E-state index in [1.54, 1.807) is 17.0 Å². The number of halogens is 1. The summed E-state index contributed by atoms with van der Waals surface area (Å²) in [4.78, 5) is 19.4. The van der Waals surface area contributed by atoms with Crippen molar-refractivity contribution in [2.45, 2.75) is 26.4 Å². The summed E-state index contributed by atoms with van der Waals surface area (Å²) in [6.07, 6.45) is 0. The Labute approximate surface area is 196 Å². The van der Waals surface area contributed by atoms with Crippen molar-refractivity contribution in [1.82, 2.24) is 20.4 Å². The summed E-state index contributed by atoms with van der Waals surface area (Å²) in [5.74, 6) is 0.339. The molecule has 5 rings (SSSR count). The van der Waals surface area contributed by atoms with Gasteiger partial charge in [-0.1, -0.05) is 71.4 Å². The molecule has 0 fully saturated rings. The molecule has 0 saturated heterocycles. The molecular weight excluding hydrogens is 431 g/mol. The van der Waals surface area contributed by atoms with Gasteiger partial charge in [-0.3, -0.25) is 4.90 Å². The Balaban J connectivity index is 1.61. The lowest BCUT2D eigenvalue weighted by atomic mass is 9.94. The highest BCUT2D eigenvalue weighted by atomic mass is 19.1. The smallest absolute Gasteiger partial charge is 0.322 e. The summed E-state index contributed by atoms with van der Waals surface area (Å²) in [6, 6.07) is 22.8. The van der Waals surface area contributed by atoms with Gasteiger partial charge in [-0.05, 0) is 43.2 Å². The van der Waals surface area contributed by atoms with E-state index >= 15 is 0 Å². The molecule has 0 spiro atoms. The second-order valence-corrected chi connectivity index (χ2v) is 8.30. The highest BCUT2D eigenvalue weighted by molar-refractivity contribution is 5.86. The van der Waals surface area contributed by atoms with Gasteiger partial charge in [-0.15, -0.1) is 0 Å². The fourth-order valence-corrected chi connectivity index (χ4v) is 4.19. The van der Waals surface area contributed by atoms with Crippen LogP contribution >= 0.6 is 0 Å². The molecule has 1 aromatic heterocycles. The fourth-order valence-electron chi connectivity index (χ4n) is 4.19. The number of rotatable bonds is 5. The first kappa shape index (κ1) is 21.6. The number of hydrogen-bond acceptors (Lipinski definition) is 4. The molecule has 0 bridgehead atoms. The zero-order valence-electron chi connectivity index (χ0n) is 18.8. The summed E-state index contributed by atoms with van der Waals surface area (Å²) in [5.41, 5.74) is 4.78. The van der Waals surface area contributed by atoms with Crippen molar-refractivity contribution in [2.24, 2.45) is 0 Å². The second kappa shape index (κ2) is 8.94. The molecule has 2 heterocycles. The lowest BCUT2D eigenvalue weighted by Gasteiger charge is -2.35. The maximum atomic E-state index is 14.1. The molecule has 1 aliphatic heterocycles. The summed E-state index contributed by atoms with van der Waals surface area (Å²) in [7, 11) is 0. The molecule has 1 aliphatic rings. The predicted octanol–water partition coefficient (Wildman–Crippen LogP) is 5.88. The van der Waals surface area contributed by atoms with Gasteiger partial charge in [-0.2, -0.15) is 4.98 Å². The number of aromatic nitrogens is 2. The van der Waals surface area contributed by atoms with Crippen molar-refractivity contribution in [3.8, 4) is 11.4 Å². The van der Waals surface area contributed by atoms with Gasteiger partial charge in [0, 0.05) is 11.3 Å². The summed E-state index contributed by atoms with van der Waals surface area (Å²) in [6.45, 7) is 4.21. The van der Waals surface area contributed by atoms with Crippen molar-refractivity contribution in [3.05, 3.63) is 113 Å². The number of allylic oxidation sites excluding steroid dienone is 1. The predicted molar refractivity (Wildman–Crippen MR) is 127 cm³/mol. The standard InChI is InChI=1S/C27H23FN4O2/c1-17-8-6-12-21(14-17)25-30-26(34-31-25)23-18(2)32(16-19-9-4-3-5-10-19)27(33)29-24(23)20-11-7-13-22(28)15-20/h3-15,24H,16H2,1-2H3,(H,29,33). The maximum absolute atomic E-state index is 14.1. The van der Waals surface area contributed by atoms with Gasteiger partial charge in [0.05, 0.1) is 18.2 Å². The zero-order valence-corrected chi connectivity index (χ0v) is 18.8. The molecule has 3 aromatic carbocycles. The van der Waals surface area contributed by atoms with Crippen molar-refractivity contribution in [2.75, 3.05) is 0 Å². The van der Waals surface area contributed by atoms with Crippen LogP contribution in [0.5, 0.6) is 0 Å². The first-order valence-corrected chi connectivity index (χ1v) is 11.0. The number of amides is 2. The van der Waals surface area contributed by atoms with Crippen LogP contribution < -0.4 is 5.32 Å². The third kappa shape index (κ3) is 4.20. The average Bonchev–Trinajstić information content (AvgIpc) is 3.32. The molecule has 1 atom stereocenters. The van der Waals surface area contributed by atoms with Crippen LogP contribution in [0.1, 0.15) is 35.5 Å². The molecule has 6 nitrogen and oxygen atoms in total. The minimum absolute atomic E-state index is 0.279. The molecule has 1 N–H and O–H groups in total. The van der Waals surface area contributed by atoms with Crippen LogP contribution in [0.3, 0.4) is 0 Å². The maximum Gasteiger partial charge on any atom is 0.322 e. The van der Waals surface area contributed by atoms with Gasteiger partial charge in [0.2, 0.25) is 5.82 Å². The van der Waals surface area contributed by atoms with Gasteiger partial charge < -0.3 is 9.84 Å². The van der Waals surface area contributed by atoms with Crippen LogP contribution in [-0.4, -0.2) is 21.1 Å². The molecule has 170 valence electrons. The Hall–Kier alpha value is -4.26. The van der Waals surface area contributed by atoms with Crippen molar-refractivity contribution < 1.29 is 13.7 Å². The van der Waals surface area contributed by atoms with E-state index in [2.05, 4.69) is 15.5 Å². The molecule has 1 unspecified atom stereocenters. The van der Waals surface area contributed by atoms with Crippen molar-refractivity contribution >= 4 is 11.6 Å². The van der Waals surface area contributed by atoms with E-state index in [0.717, 1.165) is 16.7 Å². The van der Waals surface area contributed by atoms with Gasteiger partial charge in [0.25, 0.3) is 5.89 Å². The van der Waals surface area contributed by atoms with Crippen LogP contribution in [-0.2, 0) is 6.54 Å². The van der Waals surface area contributed by atoms with E-state index in [1.807, 2.05) is 68.4 Å². The number of nitrogens with one attached hydrogen (secondary N) is 1. The molecule has 2 amide bonds. The third-order valence-corrected chi connectivity index (χ3v) is 5.89. The number of aryl methyl sites for hydroxylation is 1. The quantitative estimate of drug-likeness (QED) is 0.409. The molecule has 0 saturated carbocycles. The third-order valence-electron chi connectivity index (χ3n) is 5.89. The van der Waals surface area contributed by atoms with E-state index in [0.29, 0.717) is 29.2 Å². The first-order chi connectivity index (χ1) is 16.5. The minimum Gasteiger partial charge on any atom is -0.334 e. The summed E-state index contributed by atoms with van der Waals surface area (Å²) in [5, 5.41) is 7.19. The zero-order chi connectivity index (χ0) is 23.7. The van der Waals surface area contributed by atoms with Gasteiger partial charge in [-0.25, -0.2) is 9.18 Å². The van der Waals surface area contributed by atoms with Crippen LogP contribution in [0.25, 0.3) is 17.0 Å². The van der Waals surface area contributed by atoms with Gasteiger partial charge in [0.15, 0.2) is 0 Å². The van der Waals surface area contributed by atoms with Crippen molar-refractivity contribution in [1.29, 1.82) is 0 Å². The number of carbonyl (C=O) groups is 1. The van der Waals surface area contributed by atoms with E-state index in [-0.39, 0.29) is 17.7 Å². The molecule has 0 radical (unpaired) electrons. The van der Waals surface area contributed by atoms with Crippen LogP contribution in [0.15, 0.2) is 89.1 Å². The molecule has 4 aromatic rings. The summed E-state index contributed by atoms with van der Waals surface area (Å²) < 4.78 is 19.8. The van der Waals surface area contributed by atoms with Crippen LogP contribution in [0, 0.1) is 12.7 Å². The van der Waals surface area contributed by atoms with Crippen molar-refractivity contribution in [3.63, 3.8) is 0 Å². The number of carbonyl (C=O) groups excluding carboxylic acids is 1. The number of hydrogen-bond donors (Lipinski definition) is 1. The fraction of sp³-hybridized carbons (Fsp3) is 0.148. The lowest BCUT2D eigenvalue weighted by Crippen LogP contribution is -2.45. The van der Waals surface area contributed by atoms with Gasteiger partial charge >= 0.3 is 6.03 Å². The van der Waals surface area contributed by atoms with Gasteiger partial charge in [0.1, 0.15) is 5.82 Å².